The van der Waals surface area contributed by atoms with E-state index in [1.807, 2.05) is 18.2 Å². The highest BCUT2D eigenvalue weighted by atomic mass is 32.2. The zero-order chi connectivity index (χ0) is 15.7. The SMILES string of the molecule is O=S(=O)(O)c1ccc(Nc2ccc3cccc(O)c3c2)cc1. The molecule has 3 aromatic carbocycles. The van der Waals surface area contributed by atoms with E-state index < -0.39 is 10.1 Å². The van der Waals surface area contributed by atoms with Crippen LogP contribution in [0.4, 0.5) is 11.4 Å². The van der Waals surface area contributed by atoms with E-state index in [1.54, 1.807) is 30.3 Å². The van der Waals surface area contributed by atoms with Crippen molar-refractivity contribution in [1.29, 1.82) is 0 Å². The van der Waals surface area contributed by atoms with Crippen molar-refractivity contribution in [3.8, 4) is 5.75 Å². The highest BCUT2D eigenvalue weighted by Gasteiger charge is 2.08. The predicted molar refractivity (Wildman–Crippen MR) is 85.2 cm³/mol. The molecule has 0 aliphatic heterocycles. The van der Waals surface area contributed by atoms with Gasteiger partial charge in [-0.25, -0.2) is 0 Å². The van der Waals surface area contributed by atoms with Crippen LogP contribution in [0.15, 0.2) is 65.6 Å². The van der Waals surface area contributed by atoms with Gasteiger partial charge in [0.15, 0.2) is 0 Å². The van der Waals surface area contributed by atoms with Crippen molar-refractivity contribution in [3.05, 3.63) is 60.7 Å². The zero-order valence-corrected chi connectivity index (χ0v) is 12.2. The number of fused-ring (bicyclic) bond motifs is 1. The number of anilines is 2. The van der Waals surface area contributed by atoms with Crippen molar-refractivity contribution in [3.63, 3.8) is 0 Å². The lowest BCUT2D eigenvalue weighted by Crippen LogP contribution is -1.98. The third-order valence-corrected chi connectivity index (χ3v) is 4.17. The molecule has 0 atom stereocenters. The number of rotatable bonds is 3. The molecule has 0 aliphatic rings. The van der Waals surface area contributed by atoms with Crippen LogP contribution in [0.1, 0.15) is 0 Å². The van der Waals surface area contributed by atoms with Crippen LogP contribution in [0.25, 0.3) is 10.8 Å². The van der Waals surface area contributed by atoms with Gasteiger partial charge in [-0.05, 0) is 47.9 Å². The lowest BCUT2D eigenvalue weighted by molar-refractivity contribution is 0.481. The molecule has 5 nitrogen and oxygen atoms in total. The van der Waals surface area contributed by atoms with Crippen LogP contribution in [-0.2, 0) is 10.1 Å². The van der Waals surface area contributed by atoms with Crippen molar-refractivity contribution in [2.75, 3.05) is 5.32 Å². The van der Waals surface area contributed by atoms with Crippen LogP contribution in [0, 0.1) is 0 Å². The molecule has 0 aliphatic carbocycles. The van der Waals surface area contributed by atoms with Crippen molar-refractivity contribution >= 4 is 32.3 Å². The quantitative estimate of drug-likeness (QED) is 0.644. The topological polar surface area (TPSA) is 86.6 Å². The fourth-order valence-corrected chi connectivity index (χ4v) is 2.69. The monoisotopic (exact) mass is 315 g/mol. The fraction of sp³-hybridized carbons (Fsp3) is 0. The maximum atomic E-state index is 11.0. The lowest BCUT2D eigenvalue weighted by atomic mass is 10.1. The van der Waals surface area contributed by atoms with Crippen LogP contribution >= 0.6 is 0 Å². The summed E-state index contributed by atoms with van der Waals surface area (Å²) in [5.41, 5.74) is 1.43. The molecule has 0 fully saturated rings. The molecule has 0 spiro atoms. The van der Waals surface area contributed by atoms with Gasteiger partial charge in [0, 0.05) is 16.8 Å². The minimum absolute atomic E-state index is 0.158. The van der Waals surface area contributed by atoms with Gasteiger partial charge in [-0.1, -0.05) is 18.2 Å². The highest BCUT2D eigenvalue weighted by Crippen LogP contribution is 2.28. The molecule has 6 heteroatoms. The molecule has 0 unspecified atom stereocenters. The molecule has 3 rings (SSSR count). The van der Waals surface area contributed by atoms with Gasteiger partial charge in [-0.15, -0.1) is 0 Å². The molecular formula is C16H13NO4S. The molecule has 3 aromatic rings. The Labute approximate surface area is 127 Å². The van der Waals surface area contributed by atoms with E-state index in [4.69, 9.17) is 4.55 Å². The van der Waals surface area contributed by atoms with E-state index in [1.165, 1.54) is 12.1 Å². The van der Waals surface area contributed by atoms with Gasteiger partial charge in [0.2, 0.25) is 0 Å². The number of benzene rings is 3. The Balaban J connectivity index is 1.91. The summed E-state index contributed by atoms with van der Waals surface area (Å²) in [6.07, 6.45) is 0. The fourth-order valence-electron chi connectivity index (χ4n) is 2.21. The summed E-state index contributed by atoms with van der Waals surface area (Å²) in [5.74, 6) is 0.197. The Morgan fingerprint density at radius 1 is 0.864 bits per heavy atom. The van der Waals surface area contributed by atoms with Crippen LogP contribution in [0.2, 0.25) is 0 Å². The maximum Gasteiger partial charge on any atom is 0.294 e. The van der Waals surface area contributed by atoms with Crippen molar-refractivity contribution < 1.29 is 18.1 Å². The van der Waals surface area contributed by atoms with Crippen molar-refractivity contribution in [2.24, 2.45) is 0 Å². The molecule has 0 aromatic heterocycles. The summed E-state index contributed by atoms with van der Waals surface area (Å²) in [4.78, 5) is -0.158. The third-order valence-electron chi connectivity index (χ3n) is 3.30. The molecule has 112 valence electrons. The van der Waals surface area contributed by atoms with Gasteiger partial charge >= 0.3 is 0 Å². The molecule has 0 saturated carbocycles. The molecule has 0 heterocycles. The van der Waals surface area contributed by atoms with E-state index in [-0.39, 0.29) is 10.6 Å². The van der Waals surface area contributed by atoms with E-state index in [0.29, 0.717) is 5.69 Å². The van der Waals surface area contributed by atoms with Gasteiger partial charge in [-0.2, -0.15) is 8.42 Å². The molecule has 0 radical (unpaired) electrons. The number of phenols is 1. The Morgan fingerprint density at radius 3 is 2.23 bits per heavy atom. The average molecular weight is 315 g/mol. The first-order chi connectivity index (χ1) is 10.4. The molecule has 3 N–H and O–H groups in total. The number of hydrogen-bond donors (Lipinski definition) is 3. The summed E-state index contributed by atoms with van der Waals surface area (Å²) in [6.45, 7) is 0. The highest BCUT2D eigenvalue weighted by molar-refractivity contribution is 7.85. The van der Waals surface area contributed by atoms with Gasteiger partial charge in [0.1, 0.15) is 5.75 Å². The molecule has 0 saturated heterocycles. The normalized spacial score (nSPS) is 11.5. The second kappa shape index (κ2) is 5.32. The Morgan fingerprint density at radius 2 is 1.55 bits per heavy atom. The van der Waals surface area contributed by atoms with Crippen LogP contribution in [0.3, 0.4) is 0 Å². The van der Waals surface area contributed by atoms with Gasteiger partial charge in [0.05, 0.1) is 4.90 Å². The predicted octanol–water partition coefficient (Wildman–Crippen LogP) is 3.54. The minimum atomic E-state index is -4.19. The first-order valence-electron chi connectivity index (χ1n) is 6.50. The van der Waals surface area contributed by atoms with Crippen molar-refractivity contribution in [2.45, 2.75) is 4.90 Å². The van der Waals surface area contributed by atoms with Gasteiger partial charge in [-0.3, -0.25) is 4.55 Å². The van der Waals surface area contributed by atoms with Crippen LogP contribution in [-0.4, -0.2) is 18.1 Å². The number of hydrogen-bond acceptors (Lipinski definition) is 4. The van der Waals surface area contributed by atoms with Crippen LogP contribution < -0.4 is 5.32 Å². The van der Waals surface area contributed by atoms with Gasteiger partial charge < -0.3 is 10.4 Å². The number of phenolic OH excluding ortho intramolecular Hbond substituents is 1. The first-order valence-corrected chi connectivity index (χ1v) is 7.94. The van der Waals surface area contributed by atoms with Gasteiger partial charge in [0.25, 0.3) is 10.1 Å². The third kappa shape index (κ3) is 2.88. The molecule has 0 amide bonds. The molecular weight excluding hydrogens is 302 g/mol. The Kier molecular flexibility index (Phi) is 3.48. The zero-order valence-electron chi connectivity index (χ0n) is 11.4. The van der Waals surface area contributed by atoms with E-state index in [2.05, 4.69) is 5.32 Å². The van der Waals surface area contributed by atoms with E-state index in [9.17, 15) is 13.5 Å². The summed E-state index contributed by atoms with van der Waals surface area (Å²) in [6, 6.07) is 16.6. The second-order valence-corrected chi connectivity index (χ2v) is 6.26. The smallest absolute Gasteiger partial charge is 0.294 e. The van der Waals surface area contributed by atoms with Crippen molar-refractivity contribution in [1.82, 2.24) is 0 Å². The van der Waals surface area contributed by atoms with E-state index >= 15 is 0 Å². The van der Waals surface area contributed by atoms with Crippen LogP contribution in [0.5, 0.6) is 5.75 Å². The minimum Gasteiger partial charge on any atom is -0.507 e. The summed E-state index contributed by atoms with van der Waals surface area (Å²) < 4.78 is 30.9. The Bertz CT molecular complexity index is 934. The lowest BCUT2D eigenvalue weighted by Gasteiger charge is -2.09. The number of aromatic hydroxyl groups is 1. The second-order valence-electron chi connectivity index (χ2n) is 4.84. The van der Waals surface area contributed by atoms with E-state index in [0.717, 1.165) is 16.5 Å². The number of nitrogens with one attached hydrogen (secondary N) is 1. The molecule has 22 heavy (non-hydrogen) atoms. The summed E-state index contributed by atoms with van der Waals surface area (Å²) in [7, 11) is -4.19. The summed E-state index contributed by atoms with van der Waals surface area (Å²) in [5, 5.41) is 14.6. The Hall–Kier alpha value is -2.57. The summed E-state index contributed by atoms with van der Waals surface area (Å²) >= 11 is 0. The molecule has 0 bridgehead atoms. The standard InChI is InChI=1S/C16H13NO4S/c18-16-3-1-2-11-4-5-13(10-15(11)16)17-12-6-8-14(9-7-12)22(19,20)21/h1-10,17-18H,(H,19,20,21). The first kappa shape index (κ1) is 14.4. The average Bonchev–Trinajstić information content (AvgIpc) is 2.48. The largest absolute Gasteiger partial charge is 0.507 e. The maximum absolute atomic E-state index is 11.0.